The molecule has 146 valence electrons. The molecule has 0 saturated heterocycles. The lowest BCUT2D eigenvalue weighted by Crippen LogP contribution is -2.24. The van der Waals surface area contributed by atoms with Crippen LogP contribution in [0.2, 0.25) is 0 Å². The fraction of sp³-hybridized carbons (Fsp3) is 0.524. The zero-order valence-corrected chi connectivity index (χ0v) is 17.4. The maximum atomic E-state index is 10.1. The van der Waals surface area contributed by atoms with Gasteiger partial charge in [-0.25, -0.2) is 4.68 Å². The third-order valence-corrected chi connectivity index (χ3v) is 5.81. The first-order valence-electron chi connectivity index (χ1n) is 9.57. The summed E-state index contributed by atoms with van der Waals surface area (Å²) in [5.74, 6) is 0.0944. The molecule has 0 aliphatic heterocycles. The standard InChI is InChI=1S/C21H29N3O2S/c1-14-10-15(18(26)11-17(14)25)12-22-24-19(21(2,3)4)13-27-20(24)23-16-8-6-5-7-9-16/h10-13,16,25-26H,5-9H2,1-4H3/b22-12+,23-20?. The molecule has 3 rings (SSSR count). The highest BCUT2D eigenvalue weighted by molar-refractivity contribution is 7.07. The molecular weight excluding hydrogens is 358 g/mol. The Hall–Kier alpha value is -2.08. The van der Waals surface area contributed by atoms with E-state index in [9.17, 15) is 10.2 Å². The third-order valence-electron chi connectivity index (χ3n) is 4.98. The molecule has 1 aromatic carbocycles. The van der Waals surface area contributed by atoms with Gasteiger partial charge in [0.1, 0.15) is 11.5 Å². The minimum atomic E-state index is -0.0684. The van der Waals surface area contributed by atoms with Crippen LogP contribution in [0.15, 0.2) is 27.6 Å². The van der Waals surface area contributed by atoms with Crippen molar-refractivity contribution in [1.29, 1.82) is 0 Å². The predicted octanol–water partition coefficient (Wildman–Crippen LogP) is 4.68. The van der Waals surface area contributed by atoms with Crippen LogP contribution >= 0.6 is 11.3 Å². The van der Waals surface area contributed by atoms with Gasteiger partial charge in [0.25, 0.3) is 0 Å². The van der Waals surface area contributed by atoms with Crippen LogP contribution in [0.3, 0.4) is 0 Å². The van der Waals surface area contributed by atoms with Crippen molar-refractivity contribution in [2.75, 3.05) is 0 Å². The summed E-state index contributed by atoms with van der Waals surface area (Å²) in [4.78, 5) is 5.88. The van der Waals surface area contributed by atoms with E-state index in [-0.39, 0.29) is 16.9 Å². The van der Waals surface area contributed by atoms with Crippen molar-refractivity contribution in [2.45, 2.75) is 71.3 Å². The van der Waals surface area contributed by atoms with Crippen molar-refractivity contribution >= 4 is 17.6 Å². The summed E-state index contributed by atoms with van der Waals surface area (Å²) in [5, 5.41) is 26.6. The van der Waals surface area contributed by atoms with Gasteiger partial charge < -0.3 is 10.2 Å². The highest BCUT2D eigenvalue weighted by Gasteiger charge is 2.21. The maximum Gasteiger partial charge on any atom is 0.206 e. The zero-order valence-electron chi connectivity index (χ0n) is 16.6. The van der Waals surface area contributed by atoms with E-state index in [0.717, 1.165) is 23.3 Å². The number of phenolic OH excluding ortho intramolecular Hbond substituents is 2. The SMILES string of the molecule is Cc1cc(/C=N/n2c(C(C)(C)C)csc2=NC2CCCCC2)c(O)cc1O. The second-order valence-corrected chi connectivity index (χ2v) is 9.16. The van der Waals surface area contributed by atoms with E-state index in [2.05, 4.69) is 31.3 Å². The summed E-state index contributed by atoms with van der Waals surface area (Å²) in [6.45, 7) is 8.28. The summed E-state index contributed by atoms with van der Waals surface area (Å²) in [7, 11) is 0. The Morgan fingerprint density at radius 2 is 1.81 bits per heavy atom. The predicted molar refractivity (Wildman–Crippen MR) is 111 cm³/mol. The normalized spacial score (nSPS) is 17.1. The number of rotatable bonds is 3. The van der Waals surface area contributed by atoms with E-state index in [4.69, 9.17) is 4.99 Å². The van der Waals surface area contributed by atoms with Crippen molar-refractivity contribution < 1.29 is 10.2 Å². The first-order valence-corrected chi connectivity index (χ1v) is 10.5. The smallest absolute Gasteiger partial charge is 0.206 e. The van der Waals surface area contributed by atoms with Gasteiger partial charge in [-0.05, 0) is 31.4 Å². The lowest BCUT2D eigenvalue weighted by atomic mass is 9.93. The molecule has 0 amide bonds. The van der Waals surface area contributed by atoms with Gasteiger partial charge in [0.05, 0.1) is 18.0 Å². The fourth-order valence-electron chi connectivity index (χ4n) is 3.30. The average Bonchev–Trinajstić information content (AvgIpc) is 3.01. The summed E-state index contributed by atoms with van der Waals surface area (Å²) in [6.07, 6.45) is 7.73. The van der Waals surface area contributed by atoms with Gasteiger partial charge in [-0.1, -0.05) is 40.0 Å². The second kappa shape index (κ2) is 7.89. The lowest BCUT2D eigenvalue weighted by Gasteiger charge is -2.19. The van der Waals surface area contributed by atoms with E-state index in [1.165, 1.54) is 25.3 Å². The van der Waals surface area contributed by atoms with E-state index in [0.29, 0.717) is 17.2 Å². The molecule has 0 spiro atoms. The number of thiazole rings is 1. The highest BCUT2D eigenvalue weighted by atomic mass is 32.1. The summed E-state index contributed by atoms with van der Waals surface area (Å²) in [5.41, 5.74) is 2.30. The van der Waals surface area contributed by atoms with Crippen molar-refractivity contribution in [3.63, 3.8) is 0 Å². The third kappa shape index (κ3) is 4.61. The van der Waals surface area contributed by atoms with E-state index in [1.54, 1.807) is 30.5 Å². The maximum absolute atomic E-state index is 10.1. The van der Waals surface area contributed by atoms with Crippen molar-refractivity contribution in [2.24, 2.45) is 10.1 Å². The van der Waals surface area contributed by atoms with Gasteiger partial charge in [0, 0.05) is 22.4 Å². The number of benzene rings is 1. The molecule has 1 heterocycles. The topological polar surface area (TPSA) is 70.1 Å². The molecular formula is C21H29N3O2S. The van der Waals surface area contributed by atoms with Crippen LogP contribution in [-0.2, 0) is 5.41 Å². The van der Waals surface area contributed by atoms with Crippen molar-refractivity contribution in [3.05, 3.63) is 39.1 Å². The quantitative estimate of drug-likeness (QED) is 0.751. The van der Waals surface area contributed by atoms with Crippen LogP contribution in [0.1, 0.15) is 69.7 Å². The number of hydrogen-bond donors (Lipinski definition) is 2. The average molecular weight is 388 g/mol. The monoisotopic (exact) mass is 387 g/mol. The van der Waals surface area contributed by atoms with Crippen LogP contribution in [0, 0.1) is 6.92 Å². The van der Waals surface area contributed by atoms with Gasteiger partial charge in [0.2, 0.25) is 4.80 Å². The Bertz CT molecular complexity index is 897. The summed E-state index contributed by atoms with van der Waals surface area (Å²) in [6, 6.07) is 3.46. The molecule has 0 unspecified atom stereocenters. The van der Waals surface area contributed by atoms with Crippen LogP contribution in [0.25, 0.3) is 0 Å². The van der Waals surface area contributed by atoms with Gasteiger partial charge >= 0.3 is 0 Å². The van der Waals surface area contributed by atoms with Crippen LogP contribution in [0.4, 0.5) is 0 Å². The minimum Gasteiger partial charge on any atom is -0.508 e. The number of aromatic nitrogens is 1. The lowest BCUT2D eigenvalue weighted by molar-refractivity contribution is 0.433. The van der Waals surface area contributed by atoms with Crippen LogP contribution in [-0.4, -0.2) is 27.1 Å². The number of phenols is 2. The molecule has 1 aliphatic carbocycles. The molecule has 6 heteroatoms. The number of hydrogen-bond acceptors (Lipinski definition) is 5. The van der Waals surface area contributed by atoms with Gasteiger partial charge in [-0.15, -0.1) is 11.3 Å². The summed E-state index contributed by atoms with van der Waals surface area (Å²) >= 11 is 1.62. The first-order chi connectivity index (χ1) is 12.8. The van der Waals surface area contributed by atoms with E-state index in [1.807, 2.05) is 4.68 Å². The molecule has 1 fully saturated rings. The number of aromatic hydroxyl groups is 2. The van der Waals surface area contributed by atoms with Gasteiger partial charge in [-0.3, -0.25) is 4.99 Å². The number of nitrogens with zero attached hydrogens (tertiary/aromatic N) is 3. The first kappa shape index (κ1) is 19.7. The minimum absolute atomic E-state index is 0.0146. The number of aryl methyl sites for hydroxylation is 1. The molecule has 0 atom stereocenters. The Morgan fingerprint density at radius 1 is 1.11 bits per heavy atom. The molecule has 1 saturated carbocycles. The fourth-order valence-corrected chi connectivity index (χ4v) is 4.43. The largest absolute Gasteiger partial charge is 0.508 e. The molecule has 1 aromatic heterocycles. The molecule has 1 aliphatic rings. The van der Waals surface area contributed by atoms with Crippen molar-refractivity contribution in [1.82, 2.24) is 4.68 Å². The molecule has 0 radical (unpaired) electrons. The Morgan fingerprint density at radius 3 is 2.48 bits per heavy atom. The Labute approximate surface area is 164 Å². The van der Waals surface area contributed by atoms with E-state index < -0.39 is 0 Å². The van der Waals surface area contributed by atoms with Crippen molar-refractivity contribution in [3.8, 4) is 11.5 Å². The zero-order chi connectivity index (χ0) is 19.6. The molecule has 2 aromatic rings. The molecule has 27 heavy (non-hydrogen) atoms. The summed E-state index contributed by atoms with van der Waals surface area (Å²) < 4.78 is 1.90. The van der Waals surface area contributed by atoms with Gasteiger partial charge in [-0.2, -0.15) is 5.10 Å². The molecule has 5 nitrogen and oxygen atoms in total. The molecule has 0 bridgehead atoms. The van der Waals surface area contributed by atoms with Gasteiger partial charge in [0.15, 0.2) is 0 Å². The van der Waals surface area contributed by atoms with E-state index >= 15 is 0 Å². The van der Waals surface area contributed by atoms with Crippen LogP contribution < -0.4 is 4.80 Å². The molecule has 2 N–H and O–H groups in total. The second-order valence-electron chi connectivity index (χ2n) is 8.33. The highest BCUT2D eigenvalue weighted by Crippen LogP contribution is 2.27. The Balaban J connectivity index is 2.03. The Kier molecular flexibility index (Phi) is 5.75. The van der Waals surface area contributed by atoms with Crippen LogP contribution in [0.5, 0.6) is 11.5 Å².